The van der Waals surface area contributed by atoms with Gasteiger partial charge < -0.3 is 14.2 Å². The third-order valence-corrected chi connectivity index (χ3v) is 4.53. The van der Waals surface area contributed by atoms with Gasteiger partial charge >= 0.3 is 6.09 Å². The molecule has 5 nitrogen and oxygen atoms in total. The van der Waals surface area contributed by atoms with Gasteiger partial charge in [0.05, 0.1) is 0 Å². The monoisotopic (exact) mass is 327 g/mol. The molecule has 2 heterocycles. The smallest absolute Gasteiger partial charge is 0.393 e. The zero-order valence-electron chi connectivity index (χ0n) is 14.4. The predicted molar refractivity (Wildman–Crippen MR) is 93.9 cm³/mol. The van der Waals surface area contributed by atoms with Gasteiger partial charge in [-0.1, -0.05) is 30.3 Å². The molecule has 0 unspecified atom stereocenters. The first-order valence-electron chi connectivity index (χ1n) is 8.47. The Morgan fingerprint density at radius 1 is 1.12 bits per heavy atom. The van der Waals surface area contributed by atoms with E-state index in [1.54, 1.807) is 11.9 Å². The van der Waals surface area contributed by atoms with Crippen molar-refractivity contribution in [2.75, 3.05) is 20.1 Å². The first kappa shape index (κ1) is 16.6. The van der Waals surface area contributed by atoms with Crippen LogP contribution in [0.5, 0.6) is 5.88 Å². The molecule has 1 saturated heterocycles. The second kappa shape index (κ2) is 7.53. The molecule has 3 rings (SSSR count). The number of carbonyl (C=O) groups excluding carboxylic acids is 1. The van der Waals surface area contributed by atoms with Gasteiger partial charge in [0.25, 0.3) is 0 Å². The fourth-order valence-electron chi connectivity index (χ4n) is 3.05. The van der Waals surface area contributed by atoms with Crippen molar-refractivity contribution in [3.63, 3.8) is 0 Å². The number of hydrogen-bond donors (Lipinski definition) is 0. The highest BCUT2D eigenvalue weighted by Gasteiger charge is 2.17. The second-order valence-corrected chi connectivity index (χ2v) is 6.41. The van der Waals surface area contributed by atoms with E-state index in [4.69, 9.17) is 4.74 Å². The lowest BCUT2D eigenvalue weighted by Crippen LogP contribution is -2.29. The van der Waals surface area contributed by atoms with Crippen molar-refractivity contribution in [2.45, 2.75) is 25.9 Å². The SMILES string of the molecule is CN(Cc1ccccc1)C(=O)Oc1ccc(CN2CCCC2)n1C. The molecule has 0 saturated carbocycles. The fourth-order valence-corrected chi connectivity index (χ4v) is 3.05. The minimum absolute atomic E-state index is 0.340. The molecule has 1 fully saturated rings. The Hall–Kier alpha value is -2.27. The Labute approximate surface area is 143 Å². The third kappa shape index (κ3) is 3.97. The predicted octanol–water partition coefficient (Wildman–Crippen LogP) is 3.25. The number of rotatable bonds is 5. The zero-order valence-corrected chi connectivity index (χ0v) is 14.4. The van der Waals surface area contributed by atoms with Crippen molar-refractivity contribution in [3.05, 3.63) is 53.7 Å². The molecule has 0 bridgehead atoms. The van der Waals surface area contributed by atoms with Crippen LogP contribution in [0.1, 0.15) is 24.1 Å². The van der Waals surface area contributed by atoms with E-state index in [0.29, 0.717) is 12.4 Å². The van der Waals surface area contributed by atoms with Gasteiger partial charge in [-0.3, -0.25) is 4.90 Å². The number of amides is 1. The molecule has 128 valence electrons. The van der Waals surface area contributed by atoms with E-state index in [0.717, 1.165) is 25.2 Å². The average Bonchev–Trinajstić information content (AvgIpc) is 3.21. The van der Waals surface area contributed by atoms with Gasteiger partial charge in [-0.25, -0.2) is 4.79 Å². The zero-order chi connectivity index (χ0) is 16.9. The summed E-state index contributed by atoms with van der Waals surface area (Å²) >= 11 is 0. The van der Waals surface area contributed by atoms with Crippen LogP contribution in [0.25, 0.3) is 0 Å². The number of nitrogens with zero attached hydrogens (tertiary/aromatic N) is 3. The number of carbonyl (C=O) groups is 1. The van der Waals surface area contributed by atoms with Crippen molar-refractivity contribution in [1.29, 1.82) is 0 Å². The Balaban J connectivity index is 1.58. The van der Waals surface area contributed by atoms with Crippen LogP contribution in [0, 0.1) is 0 Å². The standard InChI is InChI=1S/C19H25N3O2/c1-20(14-16-8-4-3-5-9-16)19(23)24-18-11-10-17(21(18)2)15-22-12-6-7-13-22/h3-5,8-11H,6-7,12-15H2,1-2H3. The van der Waals surface area contributed by atoms with Crippen molar-refractivity contribution in [2.24, 2.45) is 7.05 Å². The summed E-state index contributed by atoms with van der Waals surface area (Å²) in [7, 11) is 3.70. The quantitative estimate of drug-likeness (QED) is 0.846. The van der Waals surface area contributed by atoms with E-state index in [1.807, 2.05) is 54.1 Å². The molecule has 5 heteroatoms. The summed E-state index contributed by atoms with van der Waals surface area (Å²) in [5.41, 5.74) is 2.25. The van der Waals surface area contributed by atoms with Gasteiger partial charge in [-0.15, -0.1) is 0 Å². The lowest BCUT2D eigenvalue weighted by Gasteiger charge is -2.18. The van der Waals surface area contributed by atoms with Crippen LogP contribution < -0.4 is 4.74 Å². The number of hydrogen-bond acceptors (Lipinski definition) is 3. The molecule has 0 aliphatic carbocycles. The maximum absolute atomic E-state index is 12.3. The molecule has 1 aromatic heterocycles. The normalized spacial score (nSPS) is 14.8. The first-order valence-corrected chi connectivity index (χ1v) is 8.47. The van der Waals surface area contributed by atoms with Gasteiger partial charge in [-0.2, -0.15) is 0 Å². The lowest BCUT2D eigenvalue weighted by atomic mass is 10.2. The third-order valence-electron chi connectivity index (χ3n) is 4.53. The van der Waals surface area contributed by atoms with Crippen LogP contribution in [-0.2, 0) is 20.1 Å². The number of benzene rings is 1. The van der Waals surface area contributed by atoms with E-state index in [9.17, 15) is 4.79 Å². The topological polar surface area (TPSA) is 37.7 Å². The van der Waals surface area contributed by atoms with Gasteiger partial charge in [0.2, 0.25) is 5.88 Å². The molecule has 24 heavy (non-hydrogen) atoms. The largest absolute Gasteiger partial charge is 0.416 e. The van der Waals surface area contributed by atoms with Crippen LogP contribution >= 0.6 is 0 Å². The Bertz CT molecular complexity index is 675. The molecule has 2 aromatic rings. The number of aromatic nitrogens is 1. The first-order chi connectivity index (χ1) is 11.6. The maximum atomic E-state index is 12.3. The molecule has 0 N–H and O–H groups in total. The van der Waals surface area contributed by atoms with Crippen molar-refractivity contribution in [1.82, 2.24) is 14.4 Å². The second-order valence-electron chi connectivity index (χ2n) is 6.41. The summed E-state index contributed by atoms with van der Waals surface area (Å²) < 4.78 is 7.52. The molecule has 1 aliphatic heterocycles. The van der Waals surface area contributed by atoms with E-state index < -0.39 is 0 Å². The van der Waals surface area contributed by atoms with E-state index in [-0.39, 0.29) is 6.09 Å². The summed E-state index contributed by atoms with van der Waals surface area (Å²) in [5, 5.41) is 0. The molecule has 0 spiro atoms. The fraction of sp³-hybridized carbons (Fsp3) is 0.421. The van der Waals surface area contributed by atoms with Crippen molar-refractivity contribution >= 4 is 6.09 Å². The van der Waals surface area contributed by atoms with Gasteiger partial charge in [-0.05, 0) is 37.6 Å². The molecule has 1 aromatic carbocycles. The van der Waals surface area contributed by atoms with Crippen LogP contribution in [0.4, 0.5) is 4.79 Å². The lowest BCUT2D eigenvalue weighted by molar-refractivity contribution is 0.157. The average molecular weight is 327 g/mol. The summed E-state index contributed by atoms with van der Waals surface area (Å²) in [5.74, 6) is 0.592. The van der Waals surface area contributed by atoms with Crippen molar-refractivity contribution < 1.29 is 9.53 Å². The highest BCUT2D eigenvalue weighted by molar-refractivity contribution is 5.70. The van der Waals surface area contributed by atoms with Gasteiger partial charge in [0.1, 0.15) is 0 Å². The Kier molecular flexibility index (Phi) is 5.20. The highest BCUT2D eigenvalue weighted by Crippen LogP contribution is 2.20. The van der Waals surface area contributed by atoms with Crippen LogP contribution in [0.2, 0.25) is 0 Å². The van der Waals surface area contributed by atoms with Crippen LogP contribution in [0.15, 0.2) is 42.5 Å². The molecular formula is C19H25N3O2. The highest BCUT2D eigenvalue weighted by atomic mass is 16.6. The minimum atomic E-state index is -0.340. The molecule has 1 aliphatic rings. The Morgan fingerprint density at radius 2 is 1.83 bits per heavy atom. The summed E-state index contributed by atoms with van der Waals surface area (Å²) in [6, 6.07) is 13.8. The summed E-state index contributed by atoms with van der Waals surface area (Å²) in [6.07, 6.45) is 2.21. The van der Waals surface area contributed by atoms with Crippen LogP contribution in [0.3, 0.4) is 0 Å². The molecule has 0 atom stereocenters. The van der Waals surface area contributed by atoms with Crippen LogP contribution in [-0.4, -0.2) is 40.6 Å². The maximum Gasteiger partial charge on any atom is 0.416 e. The van der Waals surface area contributed by atoms with Gasteiger partial charge in [0.15, 0.2) is 0 Å². The molecular weight excluding hydrogens is 302 g/mol. The van der Waals surface area contributed by atoms with E-state index in [1.165, 1.54) is 18.5 Å². The molecule has 0 radical (unpaired) electrons. The van der Waals surface area contributed by atoms with Gasteiger partial charge in [0, 0.05) is 38.9 Å². The number of ether oxygens (including phenoxy) is 1. The van der Waals surface area contributed by atoms with Crippen molar-refractivity contribution in [3.8, 4) is 5.88 Å². The number of likely N-dealkylation sites (tertiary alicyclic amines) is 1. The Morgan fingerprint density at radius 3 is 2.54 bits per heavy atom. The minimum Gasteiger partial charge on any atom is -0.393 e. The van der Waals surface area contributed by atoms with E-state index in [2.05, 4.69) is 4.90 Å². The summed E-state index contributed by atoms with van der Waals surface area (Å²) in [6.45, 7) is 3.75. The molecule has 1 amide bonds. The van der Waals surface area contributed by atoms with E-state index >= 15 is 0 Å². The summed E-state index contributed by atoms with van der Waals surface area (Å²) in [4.78, 5) is 16.3.